The molecular formula is C26H33N3O2. The van der Waals surface area contributed by atoms with Crippen molar-refractivity contribution < 1.29 is 9.59 Å². The van der Waals surface area contributed by atoms with E-state index in [0.717, 1.165) is 44.5 Å². The number of piperidine rings is 1. The molecular weight excluding hydrogens is 386 g/mol. The quantitative estimate of drug-likeness (QED) is 0.781. The lowest BCUT2D eigenvalue weighted by Crippen LogP contribution is -2.44. The van der Waals surface area contributed by atoms with Crippen LogP contribution in [0.3, 0.4) is 0 Å². The van der Waals surface area contributed by atoms with Crippen molar-refractivity contribution in [2.24, 2.45) is 0 Å². The third kappa shape index (κ3) is 4.67. The summed E-state index contributed by atoms with van der Waals surface area (Å²) in [6.07, 6.45) is 3.46. The van der Waals surface area contributed by atoms with E-state index < -0.39 is 0 Å². The van der Waals surface area contributed by atoms with Crippen LogP contribution in [0, 0.1) is 0 Å². The molecule has 31 heavy (non-hydrogen) atoms. The fourth-order valence-electron chi connectivity index (χ4n) is 5.30. The second-order valence-electron chi connectivity index (χ2n) is 9.28. The molecule has 1 aliphatic heterocycles. The Morgan fingerprint density at radius 3 is 2.42 bits per heavy atom. The second kappa shape index (κ2) is 9.23. The van der Waals surface area contributed by atoms with Crippen LogP contribution in [0.2, 0.25) is 0 Å². The summed E-state index contributed by atoms with van der Waals surface area (Å²) < 4.78 is 0. The van der Waals surface area contributed by atoms with Crippen LogP contribution in [-0.4, -0.2) is 61.9 Å². The van der Waals surface area contributed by atoms with Gasteiger partial charge in [0.2, 0.25) is 5.91 Å². The average molecular weight is 420 g/mol. The Morgan fingerprint density at radius 1 is 1.03 bits per heavy atom. The molecule has 2 amide bonds. The molecule has 2 aromatic carbocycles. The Kier molecular flexibility index (Phi) is 6.42. The van der Waals surface area contributed by atoms with Crippen LogP contribution in [0.5, 0.6) is 0 Å². The van der Waals surface area contributed by atoms with E-state index in [1.165, 1.54) is 11.1 Å². The summed E-state index contributed by atoms with van der Waals surface area (Å²) in [5, 5.41) is 3.07. The number of rotatable bonds is 6. The molecule has 5 nitrogen and oxygen atoms in total. The zero-order valence-corrected chi connectivity index (χ0v) is 18.6. The summed E-state index contributed by atoms with van der Waals surface area (Å²) in [7, 11) is 4.02. The first-order valence-corrected chi connectivity index (χ1v) is 11.3. The van der Waals surface area contributed by atoms with E-state index in [4.69, 9.17) is 0 Å². The van der Waals surface area contributed by atoms with E-state index >= 15 is 0 Å². The van der Waals surface area contributed by atoms with Gasteiger partial charge in [0.05, 0.1) is 0 Å². The predicted molar refractivity (Wildman–Crippen MR) is 123 cm³/mol. The molecule has 0 saturated carbocycles. The molecule has 0 bridgehead atoms. The number of fused-ring (bicyclic) bond motifs is 2. The first kappa shape index (κ1) is 21.6. The van der Waals surface area contributed by atoms with Gasteiger partial charge in [-0.25, -0.2) is 0 Å². The molecule has 0 radical (unpaired) electrons. The fraction of sp³-hybridized carbons (Fsp3) is 0.462. The molecule has 2 aliphatic rings. The smallest absolute Gasteiger partial charge is 0.253 e. The fourth-order valence-corrected chi connectivity index (χ4v) is 5.30. The van der Waals surface area contributed by atoms with Gasteiger partial charge >= 0.3 is 0 Å². The molecule has 1 saturated heterocycles. The lowest BCUT2D eigenvalue weighted by Gasteiger charge is -2.40. The molecule has 164 valence electrons. The summed E-state index contributed by atoms with van der Waals surface area (Å²) in [5.41, 5.74) is 3.57. The maximum absolute atomic E-state index is 12.9. The Balaban J connectivity index is 1.43. The number of hydrogen-bond acceptors (Lipinski definition) is 3. The summed E-state index contributed by atoms with van der Waals surface area (Å²) in [4.78, 5) is 29.5. The van der Waals surface area contributed by atoms with Gasteiger partial charge in [0.15, 0.2) is 0 Å². The summed E-state index contributed by atoms with van der Waals surface area (Å²) in [6, 6.07) is 18.2. The van der Waals surface area contributed by atoms with E-state index in [0.29, 0.717) is 13.0 Å². The molecule has 1 atom stereocenters. The first-order valence-electron chi connectivity index (χ1n) is 11.3. The van der Waals surface area contributed by atoms with Gasteiger partial charge in [-0.3, -0.25) is 9.59 Å². The van der Waals surface area contributed by atoms with Gasteiger partial charge in [-0.15, -0.1) is 0 Å². The van der Waals surface area contributed by atoms with Crippen molar-refractivity contribution in [3.05, 3.63) is 71.3 Å². The number of carbonyl (C=O) groups is 2. The maximum atomic E-state index is 12.9. The molecule has 1 aliphatic carbocycles. The molecule has 0 aromatic heterocycles. The Hall–Kier alpha value is -2.66. The van der Waals surface area contributed by atoms with Crippen LogP contribution < -0.4 is 5.32 Å². The van der Waals surface area contributed by atoms with Crippen molar-refractivity contribution >= 4 is 11.8 Å². The highest BCUT2D eigenvalue weighted by Gasteiger charge is 2.46. The standard InChI is InChI=1S/C26H33N3O2/c1-28(2)17-14-27-24(30)18-21-19-26(23-11-7-6-10-22(21)23)12-15-29(16-13-26)25(31)20-8-4-3-5-9-20/h3-11,21H,12-19H2,1-2H3,(H,27,30)/t21-/m0/s1. The van der Waals surface area contributed by atoms with Crippen LogP contribution in [0.25, 0.3) is 0 Å². The van der Waals surface area contributed by atoms with Gasteiger partial charge in [-0.1, -0.05) is 42.5 Å². The van der Waals surface area contributed by atoms with Crippen molar-refractivity contribution in [2.45, 2.75) is 37.0 Å². The lowest BCUT2D eigenvalue weighted by molar-refractivity contribution is -0.121. The minimum Gasteiger partial charge on any atom is -0.355 e. The highest BCUT2D eigenvalue weighted by molar-refractivity contribution is 5.94. The van der Waals surface area contributed by atoms with E-state index in [1.54, 1.807) is 0 Å². The van der Waals surface area contributed by atoms with Crippen LogP contribution in [0.15, 0.2) is 54.6 Å². The van der Waals surface area contributed by atoms with Crippen molar-refractivity contribution in [3.63, 3.8) is 0 Å². The normalized spacial score (nSPS) is 19.5. The number of amides is 2. The molecule has 4 rings (SSSR count). The Labute approximate surface area is 185 Å². The highest BCUT2D eigenvalue weighted by atomic mass is 16.2. The third-order valence-electron chi connectivity index (χ3n) is 6.95. The van der Waals surface area contributed by atoms with Gasteiger partial charge < -0.3 is 15.1 Å². The highest BCUT2D eigenvalue weighted by Crippen LogP contribution is 2.52. The summed E-state index contributed by atoms with van der Waals surface area (Å²) in [5.74, 6) is 0.515. The number of hydrogen-bond donors (Lipinski definition) is 1. The monoisotopic (exact) mass is 419 g/mol. The van der Waals surface area contributed by atoms with E-state index in [1.807, 2.05) is 49.3 Å². The number of nitrogens with one attached hydrogen (secondary N) is 1. The zero-order chi connectivity index (χ0) is 21.8. The lowest BCUT2D eigenvalue weighted by atomic mass is 9.73. The second-order valence-corrected chi connectivity index (χ2v) is 9.28. The number of likely N-dealkylation sites (N-methyl/N-ethyl adjacent to an activating group) is 1. The maximum Gasteiger partial charge on any atom is 0.253 e. The topological polar surface area (TPSA) is 52.7 Å². The number of nitrogens with zero attached hydrogens (tertiary/aromatic N) is 2. The minimum absolute atomic E-state index is 0.0820. The SMILES string of the molecule is CN(C)CCNC(=O)C[C@H]1CC2(CCN(C(=O)c3ccccc3)CC2)c2ccccc21. The van der Waals surface area contributed by atoms with Crippen LogP contribution in [0.4, 0.5) is 0 Å². The van der Waals surface area contributed by atoms with Crippen molar-refractivity contribution in [1.29, 1.82) is 0 Å². The van der Waals surface area contributed by atoms with Crippen LogP contribution in [-0.2, 0) is 10.2 Å². The molecule has 1 spiro atoms. The van der Waals surface area contributed by atoms with Crippen molar-refractivity contribution in [3.8, 4) is 0 Å². The predicted octanol–water partition coefficient (Wildman–Crippen LogP) is 3.42. The van der Waals surface area contributed by atoms with Crippen LogP contribution >= 0.6 is 0 Å². The Morgan fingerprint density at radius 2 is 1.71 bits per heavy atom. The average Bonchev–Trinajstić information content (AvgIpc) is 3.07. The van der Waals surface area contributed by atoms with Gasteiger partial charge in [0, 0.05) is 38.2 Å². The summed E-state index contributed by atoms with van der Waals surface area (Å²) in [6.45, 7) is 3.07. The number of carbonyl (C=O) groups excluding carboxylic acids is 2. The number of likely N-dealkylation sites (tertiary alicyclic amines) is 1. The van der Waals surface area contributed by atoms with E-state index in [9.17, 15) is 9.59 Å². The molecule has 2 aromatic rings. The largest absolute Gasteiger partial charge is 0.355 e. The first-order chi connectivity index (χ1) is 15.0. The zero-order valence-electron chi connectivity index (χ0n) is 18.6. The minimum atomic E-state index is 0.0820. The third-order valence-corrected chi connectivity index (χ3v) is 6.95. The van der Waals surface area contributed by atoms with Crippen LogP contribution in [0.1, 0.15) is 53.1 Å². The molecule has 1 heterocycles. The Bertz CT molecular complexity index is 917. The van der Waals surface area contributed by atoms with E-state index in [2.05, 4.69) is 34.5 Å². The molecule has 0 unspecified atom stereocenters. The summed E-state index contributed by atoms with van der Waals surface area (Å²) >= 11 is 0. The molecule has 5 heteroatoms. The van der Waals surface area contributed by atoms with Gasteiger partial charge in [0.25, 0.3) is 5.91 Å². The van der Waals surface area contributed by atoms with Crippen molar-refractivity contribution in [2.75, 3.05) is 40.3 Å². The van der Waals surface area contributed by atoms with Gasteiger partial charge in [-0.05, 0) is 68.0 Å². The van der Waals surface area contributed by atoms with E-state index in [-0.39, 0.29) is 23.1 Å². The number of benzene rings is 2. The van der Waals surface area contributed by atoms with Gasteiger partial charge in [0.1, 0.15) is 0 Å². The molecule has 1 N–H and O–H groups in total. The molecule has 1 fully saturated rings. The van der Waals surface area contributed by atoms with Gasteiger partial charge in [-0.2, -0.15) is 0 Å². The van der Waals surface area contributed by atoms with Crippen molar-refractivity contribution in [1.82, 2.24) is 15.1 Å².